The Labute approximate surface area is 116 Å². The average molecular weight is 272 g/mol. The van der Waals surface area contributed by atoms with Gasteiger partial charge in [-0.25, -0.2) is 0 Å². The highest BCUT2D eigenvalue weighted by atomic mass is 16.4. The van der Waals surface area contributed by atoms with Crippen LogP contribution in [-0.4, -0.2) is 41.0 Å². The van der Waals surface area contributed by atoms with Gasteiger partial charge in [0.15, 0.2) is 0 Å². The van der Waals surface area contributed by atoms with Crippen LogP contribution in [0, 0.1) is 11.8 Å². The number of carbonyl (C=O) groups is 2. The lowest BCUT2D eigenvalue weighted by molar-refractivity contribution is -0.139. The molecule has 0 heterocycles. The molecule has 5 nitrogen and oxygen atoms in total. The Balaban J connectivity index is 4.49. The molecule has 0 aliphatic carbocycles. The van der Waals surface area contributed by atoms with Crippen LogP contribution in [0.1, 0.15) is 47.0 Å². The summed E-state index contributed by atoms with van der Waals surface area (Å²) < 4.78 is 0. The van der Waals surface area contributed by atoms with Gasteiger partial charge in [0.25, 0.3) is 0 Å². The number of carbonyl (C=O) groups excluding carboxylic acids is 1. The summed E-state index contributed by atoms with van der Waals surface area (Å²) in [5.74, 6) is -0.185. The third-order valence-corrected chi connectivity index (χ3v) is 3.11. The van der Waals surface area contributed by atoms with Crippen molar-refractivity contribution in [3.05, 3.63) is 0 Å². The summed E-state index contributed by atoms with van der Waals surface area (Å²) in [7, 11) is 0. The summed E-state index contributed by atoms with van der Waals surface area (Å²) in [4.78, 5) is 24.5. The van der Waals surface area contributed by atoms with E-state index < -0.39 is 5.97 Å². The summed E-state index contributed by atoms with van der Waals surface area (Å²) in [6, 6.07) is 0.0179. The lowest BCUT2D eigenvalue weighted by atomic mass is 9.93. The number of nitrogens with two attached hydrogens (primary N) is 1. The van der Waals surface area contributed by atoms with E-state index in [-0.39, 0.29) is 30.8 Å². The highest BCUT2D eigenvalue weighted by molar-refractivity contribution is 5.77. The molecule has 1 amide bonds. The molecule has 0 bridgehead atoms. The van der Waals surface area contributed by atoms with Crippen molar-refractivity contribution in [2.24, 2.45) is 17.6 Å². The van der Waals surface area contributed by atoms with Gasteiger partial charge in [0.2, 0.25) is 5.91 Å². The first kappa shape index (κ1) is 17.9. The predicted molar refractivity (Wildman–Crippen MR) is 75.7 cm³/mol. The second kappa shape index (κ2) is 8.91. The Hall–Kier alpha value is -1.10. The van der Waals surface area contributed by atoms with Crippen LogP contribution in [0.15, 0.2) is 0 Å². The van der Waals surface area contributed by atoms with E-state index in [4.69, 9.17) is 10.8 Å². The second-order valence-electron chi connectivity index (χ2n) is 5.76. The number of carboxylic acid groups (broad SMARTS) is 1. The molecule has 1 atom stereocenters. The highest BCUT2D eigenvalue weighted by Gasteiger charge is 2.21. The zero-order chi connectivity index (χ0) is 15.0. The van der Waals surface area contributed by atoms with Gasteiger partial charge in [0.1, 0.15) is 0 Å². The van der Waals surface area contributed by atoms with Crippen molar-refractivity contribution in [1.29, 1.82) is 0 Å². The van der Waals surface area contributed by atoms with Crippen LogP contribution < -0.4 is 5.73 Å². The van der Waals surface area contributed by atoms with Crippen molar-refractivity contribution < 1.29 is 14.7 Å². The average Bonchev–Trinajstić information content (AvgIpc) is 2.26. The molecule has 0 fully saturated rings. The summed E-state index contributed by atoms with van der Waals surface area (Å²) >= 11 is 0. The standard InChI is InChI=1S/C14H28N2O3/c1-10(2)7-12(9-15)8-13(17)16(11(3)4)6-5-14(18)19/h10-12H,5-9,15H2,1-4H3,(H,18,19). The van der Waals surface area contributed by atoms with Crippen LogP contribution in [0.3, 0.4) is 0 Å². The third-order valence-electron chi connectivity index (χ3n) is 3.11. The van der Waals surface area contributed by atoms with Crippen molar-refractivity contribution in [3.63, 3.8) is 0 Å². The zero-order valence-corrected chi connectivity index (χ0v) is 12.6. The van der Waals surface area contributed by atoms with E-state index in [1.807, 2.05) is 13.8 Å². The number of carboxylic acids is 1. The molecular weight excluding hydrogens is 244 g/mol. The molecule has 5 heteroatoms. The molecule has 112 valence electrons. The minimum atomic E-state index is -0.879. The lowest BCUT2D eigenvalue weighted by Gasteiger charge is -2.28. The molecule has 0 aromatic carbocycles. The van der Waals surface area contributed by atoms with Crippen LogP contribution in [0.4, 0.5) is 0 Å². The van der Waals surface area contributed by atoms with Crippen LogP contribution in [-0.2, 0) is 9.59 Å². The van der Waals surface area contributed by atoms with E-state index in [2.05, 4.69) is 13.8 Å². The topological polar surface area (TPSA) is 83.6 Å². The largest absolute Gasteiger partial charge is 0.481 e. The van der Waals surface area contributed by atoms with Crippen molar-refractivity contribution in [2.45, 2.75) is 53.0 Å². The Bertz CT molecular complexity index is 290. The fraction of sp³-hybridized carbons (Fsp3) is 0.857. The molecule has 0 spiro atoms. The molecular formula is C14H28N2O3. The number of nitrogens with zero attached hydrogens (tertiary/aromatic N) is 1. The van der Waals surface area contributed by atoms with Gasteiger partial charge in [-0.05, 0) is 38.6 Å². The van der Waals surface area contributed by atoms with E-state index in [1.165, 1.54) is 0 Å². The molecule has 0 saturated heterocycles. The van der Waals surface area contributed by atoms with E-state index in [1.54, 1.807) is 4.90 Å². The predicted octanol–water partition coefficient (Wildman–Crippen LogP) is 1.71. The SMILES string of the molecule is CC(C)CC(CN)CC(=O)N(CCC(=O)O)C(C)C. The first-order chi connectivity index (χ1) is 8.77. The number of hydrogen-bond donors (Lipinski definition) is 2. The minimum Gasteiger partial charge on any atom is -0.481 e. The Morgan fingerprint density at radius 3 is 2.16 bits per heavy atom. The van der Waals surface area contributed by atoms with E-state index in [9.17, 15) is 9.59 Å². The summed E-state index contributed by atoms with van der Waals surface area (Å²) in [6.07, 6.45) is 1.32. The van der Waals surface area contributed by atoms with Crippen LogP contribution in [0.2, 0.25) is 0 Å². The lowest BCUT2D eigenvalue weighted by Crippen LogP contribution is -2.40. The van der Waals surface area contributed by atoms with Gasteiger partial charge in [0.05, 0.1) is 6.42 Å². The van der Waals surface area contributed by atoms with Crippen LogP contribution in [0.5, 0.6) is 0 Å². The second-order valence-corrected chi connectivity index (χ2v) is 5.76. The fourth-order valence-corrected chi connectivity index (χ4v) is 2.18. The smallest absolute Gasteiger partial charge is 0.305 e. The number of amides is 1. The Kier molecular flexibility index (Phi) is 8.39. The van der Waals surface area contributed by atoms with Gasteiger partial charge < -0.3 is 15.7 Å². The Morgan fingerprint density at radius 2 is 1.79 bits per heavy atom. The molecule has 0 aliphatic heterocycles. The fourth-order valence-electron chi connectivity index (χ4n) is 2.18. The van der Waals surface area contributed by atoms with E-state index >= 15 is 0 Å². The normalized spacial score (nSPS) is 12.8. The number of aliphatic carboxylic acids is 1. The zero-order valence-electron chi connectivity index (χ0n) is 12.6. The third kappa shape index (κ3) is 7.82. The van der Waals surface area contributed by atoms with Crippen molar-refractivity contribution in [3.8, 4) is 0 Å². The van der Waals surface area contributed by atoms with Crippen LogP contribution in [0.25, 0.3) is 0 Å². The van der Waals surface area contributed by atoms with E-state index in [0.717, 1.165) is 6.42 Å². The first-order valence-corrected chi connectivity index (χ1v) is 6.99. The molecule has 0 saturated carbocycles. The van der Waals surface area contributed by atoms with Gasteiger partial charge in [-0.2, -0.15) is 0 Å². The van der Waals surface area contributed by atoms with Crippen molar-refractivity contribution in [2.75, 3.05) is 13.1 Å². The van der Waals surface area contributed by atoms with Gasteiger partial charge in [-0.15, -0.1) is 0 Å². The Morgan fingerprint density at radius 1 is 1.21 bits per heavy atom. The maximum atomic E-state index is 12.2. The molecule has 0 radical (unpaired) electrons. The molecule has 19 heavy (non-hydrogen) atoms. The van der Waals surface area contributed by atoms with E-state index in [0.29, 0.717) is 18.9 Å². The minimum absolute atomic E-state index is 0.00681. The quantitative estimate of drug-likeness (QED) is 0.669. The molecule has 0 aromatic rings. The molecule has 0 aromatic heterocycles. The summed E-state index contributed by atoms with van der Waals surface area (Å²) in [6.45, 7) is 8.79. The number of hydrogen-bond acceptors (Lipinski definition) is 3. The summed E-state index contributed by atoms with van der Waals surface area (Å²) in [5, 5.41) is 8.71. The first-order valence-electron chi connectivity index (χ1n) is 6.99. The van der Waals surface area contributed by atoms with Gasteiger partial charge >= 0.3 is 5.97 Å². The maximum Gasteiger partial charge on any atom is 0.305 e. The molecule has 0 rings (SSSR count). The molecule has 1 unspecified atom stereocenters. The highest BCUT2D eigenvalue weighted by Crippen LogP contribution is 2.16. The molecule has 3 N–H and O–H groups in total. The number of rotatable bonds is 9. The summed E-state index contributed by atoms with van der Waals surface area (Å²) in [5.41, 5.74) is 5.70. The van der Waals surface area contributed by atoms with Gasteiger partial charge in [-0.3, -0.25) is 9.59 Å². The van der Waals surface area contributed by atoms with Crippen molar-refractivity contribution in [1.82, 2.24) is 4.90 Å². The molecule has 0 aliphatic rings. The van der Waals surface area contributed by atoms with Crippen molar-refractivity contribution >= 4 is 11.9 Å². The maximum absolute atomic E-state index is 12.2. The van der Waals surface area contributed by atoms with Gasteiger partial charge in [0, 0.05) is 19.0 Å². The monoisotopic (exact) mass is 272 g/mol. The van der Waals surface area contributed by atoms with Crippen LogP contribution >= 0.6 is 0 Å². The van der Waals surface area contributed by atoms with Gasteiger partial charge in [-0.1, -0.05) is 13.8 Å².